The van der Waals surface area contributed by atoms with Crippen LogP contribution in [0.1, 0.15) is 26.3 Å². The predicted octanol–water partition coefficient (Wildman–Crippen LogP) is 1.50. The Kier molecular flexibility index (Phi) is 4.28. The lowest BCUT2D eigenvalue weighted by molar-refractivity contribution is 0.237. The number of hydrogen-bond acceptors (Lipinski definition) is 4. The molecule has 0 bridgehead atoms. The predicted molar refractivity (Wildman–Crippen MR) is 74.2 cm³/mol. The van der Waals surface area contributed by atoms with Crippen molar-refractivity contribution in [1.29, 1.82) is 0 Å². The highest BCUT2D eigenvalue weighted by molar-refractivity contribution is 7.90. The van der Waals surface area contributed by atoms with Gasteiger partial charge in [-0.3, -0.25) is 0 Å². The Bertz CT molecular complexity index is 636. The molecule has 112 valence electrons. The van der Waals surface area contributed by atoms with Gasteiger partial charge in [-0.1, -0.05) is 0 Å². The van der Waals surface area contributed by atoms with Gasteiger partial charge in [0.2, 0.25) is 0 Å². The van der Waals surface area contributed by atoms with Crippen molar-refractivity contribution in [3.63, 3.8) is 0 Å². The molecule has 6 nitrogen and oxygen atoms in total. The van der Waals surface area contributed by atoms with Crippen LogP contribution < -0.4 is 15.8 Å². The molecule has 0 heterocycles. The topological polar surface area (TPSA) is 101 Å². The molecule has 2 amide bonds. The molecule has 0 unspecified atom stereocenters. The largest absolute Gasteiger partial charge is 0.396 e. The number of benzene rings is 1. The van der Waals surface area contributed by atoms with Crippen LogP contribution >= 0.6 is 0 Å². The second-order valence-corrected chi connectivity index (χ2v) is 7.10. The van der Waals surface area contributed by atoms with E-state index in [0.29, 0.717) is 0 Å². The quantitative estimate of drug-likeness (QED) is 0.721. The van der Waals surface area contributed by atoms with E-state index in [1.54, 1.807) is 20.8 Å². The third-order valence-corrected chi connectivity index (χ3v) is 3.77. The summed E-state index contributed by atoms with van der Waals surface area (Å²) in [6, 6.07) is 1.13. The number of amides is 2. The molecule has 0 saturated heterocycles. The molecule has 4 N–H and O–H groups in total. The van der Waals surface area contributed by atoms with Gasteiger partial charge in [-0.2, -0.15) is 0 Å². The summed E-state index contributed by atoms with van der Waals surface area (Å²) in [6.07, 6.45) is 0. The number of rotatable bonds is 2. The van der Waals surface area contributed by atoms with Crippen LogP contribution in [0.25, 0.3) is 0 Å². The summed E-state index contributed by atoms with van der Waals surface area (Å²) in [5.74, 6) is -0.708. The number of carbonyl (C=O) groups excluding carboxylic acids is 1. The fourth-order valence-electron chi connectivity index (χ4n) is 1.50. The number of carbonyl (C=O) groups is 1. The summed E-state index contributed by atoms with van der Waals surface area (Å²) in [6.45, 7) is 6.54. The first-order valence-corrected chi connectivity index (χ1v) is 7.31. The van der Waals surface area contributed by atoms with Crippen molar-refractivity contribution in [3.8, 4) is 0 Å². The van der Waals surface area contributed by atoms with Crippen LogP contribution in [0.4, 0.5) is 14.9 Å². The van der Waals surface area contributed by atoms with Gasteiger partial charge in [-0.15, -0.1) is 0 Å². The zero-order valence-electron chi connectivity index (χ0n) is 11.7. The smallest absolute Gasteiger partial charge is 0.329 e. The average Bonchev–Trinajstić information content (AvgIpc) is 2.19. The number of nitrogen functional groups attached to an aromatic ring is 1. The van der Waals surface area contributed by atoms with Crippen molar-refractivity contribution in [3.05, 3.63) is 23.5 Å². The summed E-state index contributed by atoms with van der Waals surface area (Å²) in [5, 5.41) is 2.46. The van der Waals surface area contributed by atoms with Gasteiger partial charge in [0.05, 0.1) is 10.6 Å². The average molecular weight is 303 g/mol. The maximum absolute atomic E-state index is 13.2. The molecular formula is C12H18FN3O3S. The zero-order chi connectivity index (χ0) is 15.7. The highest BCUT2D eigenvalue weighted by atomic mass is 32.2. The summed E-state index contributed by atoms with van der Waals surface area (Å²) in [7, 11) is -4.11. The number of sulfonamides is 1. The molecule has 0 fully saturated rings. The first-order chi connectivity index (χ1) is 8.92. The molecule has 0 aliphatic carbocycles. The van der Waals surface area contributed by atoms with Crippen LogP contribution in [-0.4, -0.2) is 20.0 Å². The van der Waals surface area contributed by atoms with Crippen LogP contribution in [0.5, 0.6) is 0 Å². The van der Waals surface area contributed by atoms with Gasteiger partial charge in [-0.05, 0) is 45.4 Å². The van der Waals surface area contributed by atoms with Crippen molar-refractivity contribution >= 4 is 21.7 Å². The highest BCUT2D eigenvalue weighted by Gasteiger charge is 2.23. The Labute approximate surface area is 117 Å². The Balaban J connectivity index is 3.07. The maximum atomic E-state index is 13.2. The van der Waals surface area contributed by atoms with E-state index in [-0.39, 0.29) is 16.1 Å². The Hall–Kier alpha value is -1.83. The highest BCUT2D eigenvalue weighted by Crippen LogP contribution is 2.21. The Morgan fingerprint density at radius 1 is 1.30 bits per heavy atom. The third-order valence-electron chi connectivity index (χ3n) is 2.30. The van der Waals surface area contributed by atoms with E-state index in [9.17, 15) is 17.6 Å². The number of halogens is 1. The second kappa shape index (κ2) is 5.28. The number of hydrogen-bond donors (Lipinski definition) is 3. The summed E-state index contributed by atoms with van der Waals surface area (Å²) in [5.41, 5.74) is 4.63. The summed E-state index contributed by atoms with van der Waals surface area (Å²) in [4.78, 5) is 11.4. The van der Waals surface area contributed by atoms with Gasteiger partial charge in [-0.25, -0.2) is 22.3 Å². The SMILES string of the molecule is Cc1cc(F)c(N)cc1S(=O)(=O)NC(=O)NC(C)(C)C. The van der Waals surface area contributed by atoms with Gasteiger partial charge in [0, 0.05) is 5.54 Å². The van der Waals surface area contributed by atoms with Crippen LogP contribution in [0, 0.1) is 12.7 Å². The van der Waals surface area contributed by atoms with E-state index in [1.807, 2.05) is 4.72 Å². The maximum Gasteiger partial charge on any atom is 0.329 e. The number of urea groups is 1. The minimum atomic E-state index is -4.11. The van der Waals surface area contributed by atoms with Crippen molar-refractivity contribution in [2.24, 2.45) is 0 Å². The lowest BCUT2D eigenvalue weighted by Crippen LogP contribution is -2.48. The molecule has 0 spiro atoms. The number of anilines is 1. The van der Waals surface area contributed by atoms with E-state index in [2.05, 4.69) is 5.32 Å². The molecular weight excluding hydrogens is 285 g/mol. The number of aryl methyl sites for hydroxylation is 1. The lowest BCUT2D eigenvalue weighted by atomic mass is 10.1. The van der Waals surface area contributed by atoms with Crippen LogP contribution in [0.2, 0.25) is 0 Å². The molecule has 8 heteroatoms. The molecule has 0 atom stereocenters. The minimum absolute atomic E-state index is 0.160. The molecule has 0 saturated carbocycles. The van der Waals surface area contributed by atoms with E-state index in [1.165, 1.54) is 6.92 Å². The molecule has 0 aromatic heterocycles. The van der Waals surface area contributed by atoms with Crippen LogP contribution in [0.15, 0.2) is 17.0 Å². The molecule has 20 heavy (non-hydrogen) atoms. The molecule has 0 aliphatic rings. The minimum Gasteiger partial charge on any atom is -0.396 e. The van der Waals surface area contributed by atoms with Gasteiger partial charge < -0.3 is 11.1 Å². The Morgan fingerprint density at radius 2 is 1.85 bits per heavy atom. The van der Waals surface area contributed by atoms with Gasteiger partial charge in [0.25, 0.3) is 10.0 Å². The summed E-state index contributed by atoms with van der Waals surface area (Å²) < 4.78 is 39.2. The molecule has 0 radical (unpaired) electrons. The van der Waals surface area contributed by atoms with E-state index in [4.69, 9.17) is 5.73 Å². The molecule has 0 aliphatic heterocycles. The first-order valence-electron chi connectivity index (χ1n) is 5.83. The fourth-order valence-corrected chi connectivity index (χ4v) is 2.67. The van der Waals surface area contributed by atoms with Gasteiger partial charge in [0.1, 0.15) is 5.82 Å². The molecule has 1 aromatic rings. The number of nitrogens with one attached hydrogen (secondary N) is 2. The van der Waals surface area contributed by atoms with E-state index < -0.39 is 27.4 Å². The normalized spacial score (nSPS) is 12.1. The lowest BCUT2D eigenvalue weighted by Gasteiger charge is -2.21. The zero-order valence-corrected chi connectivity index (χ0v) is 12.6. The second-order valence-electron chi connectivity index (χ2n) is 5.45. The van der Waals surface area contributed by atoms with E-state index in [0.717, 1.165) is 12.1 Å². The van der Waals surface area contributed by atoms with E-state index >= 15 is 0 Å². The first kappa shape index (κ1) is 16.2. The van der Waals surface area contributed by atoms with Crippen molar-refractivity contribution in [1.82, 2.24) is 10.0 Å². The van der Waals surface area contributed by atoms with Crippen LogP contribution in [0.3, 0.4) is 0 Å². The van der Waals surface area contributed by atoms with Crippen molar-refractivity contribution < 1.29 is 17.6 Å². The fraction of sp³-hybridized carbons (Fsp3) is 0.417. The van der Waals surface area contributed by atoms with Crippen LogP contribution in [-0.2, 0) is 10.0 Å². The monoisotopic (exact) mass is 303 g/mol. The molecule has 1 rings (SSSR count). The summed E-state index contributed by atoms with van der Waals surface area (Å²) >= 11 is 0. The van der Waals surface area contributed by atoms with Gasteiger partial charge >= 0.3 is 6.03 Å². The standard InChI is InChI=1S/C12H18FN3O3S/c1-7-5-8(13)9(14)6-10(7)20(18,19)16-11(17)15-12(2,3)4/h5-6H,14H2,1-4H3,(H2,15,16,17). The van der Waals surface area contributed by atoms with Crippen molar-refractivity contribution in [2.75, 3.05) is 5.73 Å². The Morgan fingerprint density at radius 3 is 2.35 bits per heavy atom. The molecule has 1 aromatic carbocycles. The number of nitrogens with two attached hydrogens (primary N) is 1. The van der Waals surface area contributed by atoms with Gasteiger partial charge in [0.15, 0.2) is 0 Å². The van der Waals surface area contributed by atoms with Crippen molar-refractivity contribution in [2.45, 2.75) is 38.1 Å². The third kappa shape index (κ3) is 4.09.